The monoisotopic (exact) mass is 219 g/mol. The van der Waals surface area contributed by atoms with E-state index in [0.717, 1.165) is 17.2 Å². The Kier molecular flexibility index (Phi) is 2.86. The third-order valence-corrected chi connectivity index (χ3v) is 2.38. The lowest BCUT2D eigenvalue weighted by atomic mass is 10.1. The van der Waals surface area contributed by atoms with Crippen molar-refractivity contribution in [1.29, 1.82) is 0 Å². The number of hydrogen-bond acceptors (Lipinski definition) is 3. The average Bonchev–Trinajstić information content (AvgIpc) is 2.61. The molecule has 0 aliphatic carbocycles. The molecule has 3 nitrogen and oxygen atoms in total. The van der Waals surface area contributed by atoms with Gasteiger partial charge in [-0.2, -0.15) is 0 Å². The van der Waals surface area contributed by atoms with Crippen molar-refractivity contribution < 1.29 is 9.47 Å². The van der Waals surface area contributed by atoms with Crippen LogP contribution >= 0.6 is 0 Å². The van der Waals surface area contributed by atoms with E-state index in [1.54, 1.807) is 0 Å². The van der Waals surface area contributed by atoms with Gasteiger partial charge in [0.1, 0.15) is 12.4 Å². The first-order valence-corrected chi connectivity index (χ1v) is 5.56. The predicted octanol–water partition coefficient (Wildman–Crippen LogP) is 2.64. The van der Waals surface area contributed by atoms with Crippen LogP contribution in [0, 0.1) is 0 Å². The highest BCUT2D eigenvalue weighted by molar-refractivity contribution is 5.95. The molecular weight excluding hydrogens is 202 g/mol. The van der Waals surface area contributed by atoms with E-state index in [2.05, 4.69) is 18.8 Å². The Morgan fingerprint density at radius 3 is 2.50 bits per heavy atom. The van der Waals surface area contributed by atoms with Gasteiger partial charge in [0, 0.05) is 5.56 Å². The lowest BCUT2D eigenvalue weighted by Gasteiger charge is -2.07. The van der Waals surface area contributed by atoms with Gasteiger partial charge >= 0.3 is 0 Å². The lowest BCUT2D eigenvalue weighted by Crippen LogP contribution is -2.17. The smallest absolute Gasteiger partial charge is 0.216 e. The summed E-state index contributed by atoms with van der Waals surface area (Å²) in [6, 6.07) is 7.84. The SMILES string of the molecule is CCOc1ccc(C2=NC(C)(C)CO2)cc1. The van der Waals surface area contributed by atoms with Gasteiger partial charge in [0.15, 0.2) is 0 Å². The Morgan fingerprint density at radius 1 is 1.31 bits per heavy atom. The molecule has 0 bridgehead atoms. The molecule has 1 aliphatic heterocycles. The molecule has 0 N–H and O–H groups in total. The molecule has 0 fully saturated rings. The van der Waals surface area contributed by atoms with Crippen LogP contribution in [-0.2, 0) is 4.74 Å². The summed E-state index contributed by atoms with van der Waals surface area (Å²) in [4.78, 5) is 4.52. The largest absolute Gasteiger partial charge is 0.494 e. The molecule has 0 radical (unpaired) electrons. The zero-order valence-electron chi connectivity index (χ0n) is 9.99. The molecule has 16 heavy (non-hydrogen) atoms. The molecule has 0 spiro atoms. The van der Waals surface area contributed by atoms with E-state index in [1.165, 1.54) is 0 Å². The molecule has 0 saturated heterocycles. The lowest BCUT2D eigenvalue weighted by molar-refractivity contribution is 0.279. The van der Waals surface area contributed by atoms with Crippen LogP contribution in [0.2, 0.25) is 0 Å². The number of nitrogens with zero attached hydrogens (tertiary/aromatic N) is 1. The Labute approximate surface area is 96.1 Å². The van der Waals surface area contributed by atoms with Crippen molar-refractivity contribution in [2.45, 2.75) is 26.3 Å². The molecule has 1 aromatic rings. The molecule has 0 saturated carbocycles. The molecule has 3 heteroatoms. The predicted molar refractivity (Wildman–Crippen MR) is 64.2 cm³/mol. The molecule has 0 atom stereocenters. The molecule has 1 aliphatic rings. The maximum atomic E-state index is 5.56. The molecule has 0 unspecified atom stereocenters. The summed E-state index contributed by atoms with van der Waals surface area (Å²) >= 11 is 0. The van der Waals surface area contributed by atoms with Crippen molar-refractivity contribution in [2.75, 3.05) is 13.2 Å². The standard InChI is InChI=1S/C13H17NO2/c1-4-15-11-7-5-10(6-8-11)12-14-13(2,3)9-16-12/h5-8H,4,9H2,1-3H3. The first-order chi connectivity index (χ1) is 7.61. The van der Waals surface area contributed by atoms with Crippen LogP contribution in [0.4, 0.5) is 0 Å². The minimum Gasteiger partial charge on any atom is -0.494 e. The van der Waals surface area contributed by atoms with Gasteiger partial charge in [-0.25, -0.2) is 4.99 Å². The van der Waals surface area contributed by atoms with Gasteiger partial charge in [-0.05, 0) is 45.0 Å². The second kappa shape index (κ2) is 4.16. The number of aliphatic imine (C=N–C) groups is 1. The minimum absolute atomic E-state index is 0.103. The normalized spacial score (nSPS) is 17.8. The van der Waals surface area contributed by atoms with Gasteiger partial charge in [0.05, 0.1) is 12.1 Å². The third-order valence-electron chi connectivity index (χ3n) is 2.38. The fourth-order valence-electron chi connectivity index (χ4n) is 1.59. The fraction of sp³-hybridized carbons (Fsp3) is 0.462. The minimum atomic E-state index is -0.103. The quantitative estimate of drug-likeness (QED) is 0.782. The molecule has 2 rings (SSSR count). The van der Waals surface area contributed by atoms with Crippen molar-refractivity contribution in [3.63, 3.8) is 0 Å². The van der Waals surface area contributed by atoms with Crippen LogP contribution < -0.4 is 4.74 Å². The van der Waals surface area contributed by atoms with Gasteiger partial charge in [-0.15, -0.1) is 0 Å². The maximum absolute atomic E-state index is 5.56. The summed E-state index contributed by atoms with van der Waals surface area (Å²) < 4.78 is 10.9. The van der Waals surface area contributed by atoms with E-state index < -0.39 is 0 Å². The van der Waals surface area contributed by atoms with Crippen LogP contribution in [0.5, 0.6) is 5.75 Å². The van der Waals surface area contributed by atoms with E-state index in [-0.39, 0.29) is 5.54 Å². The second-order valence-corrected chi connectivity index (χ2v) is 4.48. The van der Waals surface area contributed by atoms with Crippen LogP contribution in [-0.4, -0.2) is 24.7 Å². The highest BCUT2D eigenvalue weighted by atomic mass is 16.5. The Bertz CT molecular complexity index is 393. The zero-order chi connectivity index (χ0) is 11.6. The Morgan fingerprint density at radius 2 is 2.00 bits per heavy atom. The van der Waals surface area contributed by atoms with Crippen molar-refractivity contribution in [2.24, 2.45) is 4.99 Å². The van der Waals surface area contributed by atoms with E-state index in [0.29, 0.717) is 13.2 Å². The number of ether oxygens (including phenoxy) is 2. The molecule has 0 amide bonds. The van der Waals surface area contributed by atoms with Crippen LogP contribution in [0.1, 0.15) is 26.3 Å². The summed E-state index contributed by atoms with van der Waals surface area (Å²) in [6.45, 7) is 7.43. The Balaban J connectivity index is 2.17. The van der Waals surface area contributed by atoms with E-state index in [4.69, 9.17) is 9.47 Å². The van der Waals surface area contributed by atoms with Gasteiger partial charge in [0.2, 0.25) is 5.90 Å². The molecule has 1 aromatic carbocycles. The van der Waals surface area contributed by atoms with Crippen molar-refractivity contribution >= 4 is 5.90 Å². The van der Waals surface area contributed by atoms with Crippen LogP contribution in [0.15, 0.2) is 29.3 Å². The summed E-state index contributed by atoms with van der Waals surface area (Å²) in [5.41, 5.74) is 0.905. The second-order valence-electron chi connectivity index (χ2n) is 4.48. The summed E-state index contributed by atoms with van der Waals surface area (Å²) in [6.07, 6.45) is 0. The van der Waals surface area contributed by atoms with E-state index >= 15 is 0 Å². The summed E-state index contributed by atoms with van der Waals surface area (Å²) in [5, 5.41) is 0. The van der Waals surface area contributed by atoms with Crippen LogP contribution in [0.25, 0.3) is 0 Å². The fourth-order valence-corrected chi connectivity index (χ4v) is 1.59. The number of rotatable bonds is 3. The van der Waals surface area contributed by atoms with Gasteiger partial charge in [-0.3, -0.25) is 0 Å². The van der Waals surface area contributed by atoms with E-state index in [1.807, 2.05) is 31.2 Å². The summed E-state index contributed by atoms with van der Waals surface area (Å²) in [5.74, 6) is 1.61. The highest BCUT2D eigenvalue weighted by Crippen LogP contribution is 2.21. The number of benzene rings is 1. The first kappa shape index (κ1) is 11.0. The number of hydrogen-bond donors (Lipinski definition) is 0. The van der Waals surface area contributed by atoms with E-state index in [9.17, 15) is 0 Å². The van der Waals surface area contributed by atoms with Crippen molar-refractivity contribution in [3.8, 4) is 5.75 Å². The van der Waals surface area contributed by atoms with Gasteiger partial charge in [0.25, 0.3) is 0 Å². The molecule has 1 heterocycles. The molecule has 86 valence electrons. The van der Waals surface area contributed by atoms with Gasteiger partial charge in [-0.1, -0.05) is 0 Å². The Hall–Kier alpha value is -1.51. The first-order valence-electron chi connectivity index (χ1n) is 5.56. The summed E-state index contributed by atoms with van der Waals surface area (Å²) in [7, 11) is 0. The van der Waals surface area contributed by atoms with Crippen molar-refractivity contribution in [3.05, 3.63) is 29.8 Å². The zero-order valence-corrected chi connectivity index (χ0v) is 9.99. The van der Waals surface area contributed by atoms with Crippen LogP contribution in [0.3, 0.4) is 0 Å². The maximum Gasteiger partial charge on any atom is 0.216 e. The van der Waals surface area contributed by atoms with Gasteiger partial charge < -0.3 is 9.47 Å². The topological polar surface area (TPSA) is 30.8 Å². The molecular formula is C13H17NO2. The molecule has 0 aromatic heterocycles. The third kappa shape index (κ3) is 2.35. The average molecular weight is 219 g/mol. The highest BCUT2D eigenvalue weighted by Gasteiger charge is 2.26. The van der Waals surface area contributed by atoms with Crippen molar-refractivity contribution in [1.82, 2.24) is 0 Å².